The summed E-state index contributed by atoms with van der Waals surface area (Å²) in [5.41, 5.74) is 17.4. The van der Waals surface area contributed by atoms with E-state index < -0.39 is 144 Å². The molecule has 0 saturated carbocycles. The summed E-state index contributed by atoms with van der Waals surface area (Å²) >= 11 is 0. The van der Waals surface area contributed by atoms with Crippen molar-refractivity contribution in [1.29, 1.82) is 0 Å². The molecule has 28 nitrogen and oxygen atoms in total. The number of likely N-dealkylation sites (tertiary alicyclic amines) is 3. The van der Waals surface area contributed by atoms with Crippen molar-refractivity contribution in [2.75, 3.05) is 32.8 Å². The Morgan fingerprint density at radius 2 is 1.16 bits per heavy atom. The summed E-state index contributed by atoms with van der Waals surface area (Å²) in [7, 11) is 0. The average Bonchev–Trinajstić information content (AvgIpc) is 4.28. The molecule has 3 fully saturated rings. The van der Waals surface area contributed by atoms with Gasteiger partial charge in [-0.05, 0) is 82.5 Å². The highest BCUT2D eigenvalue weighted by molar-refractivity contribution is 5.99. The number of nitrogens with zero attached hydrogens (tertiary/aromatic N) is 5. The Morgan fingerprint density at radius 1 is 0.675 bits per heavy atom. The summed E-state index contributed by atoms with van der Waals surface area (Å²) in [5.74, 6) is -8.92. The van der Waals surface area contributed by atoms with Gasteiger partial charge in [-0.1, -0.05) is 54.4 Å². The van der Waals surface area contributed by atoms with Crippen LogP contribution in [0, 0.1) is 17.8 Å². The van der Waals surface area contributed by atoms with Crippen LogP contribution in [0.15, 0.2) is 17.5 Å². The number of aliphatic imine (C=N–C) groups is 1. The fourth-order valence-corrected chi connectivity index (χ4v) is 10.2. The van der Waals surface area contributed by atoms with Crippen LogP contribution in [-0.2, 0) is 54.4 Å². The standard InChI is InChI=1S/C52H87N15O13/c1-8-28(5)39(47(75)60-34(51(79)80)22-27(3)4)62-45(73)37-16-13-21-67(37)50(78)41(30(7)69)64-46(74)38-17-12-20-66(38)49(77)40(29(6)9-2)63-43(71)35(25-68)61-42(70)33(23-31-24-56-26-58-31)59-44(72)36-15-11-19-65(36)48(76)32(53)14-10-18-57-52(54)55/h24,26-30,32-41,68-69H,8-23,25,53H2,1-7H3,(H,56,58)(H,59,72)(H,60,75)(H,61,70)(H,62,73)(H,63,71)(H,64,74)(H,79,80)(H4,54,55,57)/t28-,29-,30+,32-,33-,34-,35-,36-,37-,38-,39-,40-,41-/m0/s1. The Kier molecular flexibility index (Phi) is 25.5. The van der Waals surface area contributed by atoms with E-state index in [4.69, 9.17) is 17.2 Å². The monoisotopic (exact) mass is 1130 g/mol. The second-order valence-corrected chi connectivity index (χ2v) is 21.7. The molecule has 0 aliphatic carbocycles. The number of carboxylic acids is 1. The van der Waals surface area contributed by atoms with Gasteiger partial charge in [-0.25, -0.2) is 9.78 Å². The maximum atomic E-state index is 14.5. The first kappa shape index (κ1) is 65.6. The van der Waals surface area contributed by atoms with Crippen LogP contribution in [0.25, 0.3) is 0 Å². The first-order valence-electron chi connectivity index (χ1n) is 27.9. The van der Waals surface area contributed by atoms with Gasteiger partial charge in [0.15, 0.2) is 5.96 Å². The van der Waals surface area contributed by atoms with Gasteiger partial charge in [0.2, 0.25) is 53.2 Å². The number of aliphatic hydroxyl groups excluding tert-OH is 2. The zero-order valence-corrected chi connectivity index (χ0v) is 47.2. The van der Waals surface area contributed by atoms with Gasteiger partial charge in [0.1, 0.15) is 54.4 Å². The number of carboxylic acid groups (broad SMARTS) is 1. The van der Waals surface area contributed by atoms with E-state index in [1.165, 1.54) is 34.1 Å². The summed E-state index contributed by atoms with van der Waals surface area (Å²) in [6.07, 6.45) is 4.63. The number of hydrogen-bond donors (Lipinski definition) is 13. The van der Waals surface area contributed by atoms with Gasteiger partial charge in [-0.2, -0.15) is 0 Å². The van der Waals surface area contributed by atoms with Crippen LogP contribution in [0.1, 0.15) is 125 Å². The molecule has 4 heterocycles. The lowest BCUT2D eigenvalue weighted by Gasteiger charge is -2.34. The van der Waals surface area contributed by atoms with E-state index in [2.05, 4.69) is 46.9 Å². The number of aliphatic carboxylic acids is 1. The molecule has 448 valence electrons. The molecule has 13 atom stereocenters. The van der Waals surface area contributed by atoms with Crippen LogP contribution >= 0.6 is 0 Å². The molecule has 4 rings (SSSR count). The fraction of sp³-hybridized carbons (Fsp3) is 0.731. The highest BCUT2D eigenvalue weighted by atomic mass is 16.4. The summed E-state index contributed by atoms with van der Waals surface area (Å²) in [5, 5.41) is 47.0. The van der Waals surface area contributed by atoms with Gasteiger partial charge in [0, 0.05) is 44.5 Å². The predicted octanol–water partition coefficient (Wildman–Crippen LogP) is -3.19. The topological polar surface area (TPSA) is 432 Å². The number of nitrogens with two attached hydrogens (primary N) is 3. The maximum absolute atomic E-state index is 14.5. The lowest BCUT2D eigenvalue weighted by molar-refractivity contribution is -0.147. The van der Waals surface area contributed by atoms with Crippen molar-refractivity contribution >= 4 is 65.1 Å². The first-order valence-corrected chi connectivity index (χ1v) is 27.9. The van der Waals surface area contributed by atoms with E-state index in [1.54, 1.807) is 27.7 Å². The zero-order valence-electron chi connectivity index (χ0n) is 47.2. The number of aliphatic hydroxyl groups is 2. The quantitative estimate of drug-likeness (QED) is 0.0205. The molecule has 0 bridgehead atoms. The van der Waals surface area contributed by atoms with Crippen LogP contribution in [0.2, 0.25) is 0 Å². The fourth-order valence-electron chi connectivity index (χ4n) is 10.2. The summed E-state index contributed by atoms with van der Waals surface area (Å²) < 4.78 is 0. The zero-order chi connectivity index (χ0) is 59.5. The van der Waals surface area contributed by atoms with E-state index >= 15 is 0 Å². The van der Waals surface area contributed by atoms with Crippen LogP contribution in [-0.4, -0.2) is 204 Å². The van der Waals surface area contributed by atoms with Crippen molar-refractivity contribution in [1.82, 2.24) is 56.6 Å². The molecule has 3 saturated heterocycles. The molecule has 16 N–H and O–H groups in total. The molecule has 3 aliphatic rings. The molecular weight excluding hydrogens is 1040 g/mol. The van der Waals surface area contributed by atoms with Crippen LogP contribution < -0.4 is 49.1 Å². The summed E-state index contributed by atoms with van der Waals surface area (Å²) in [6, 6.07) is -12.4. The molecule has 0 radical (unpaired) electrons. The molecule has 0 unspecified atom stereocenters. The molecule has 1 aromatic heterocycles. The number of hydrogen-bond acceptors (Lipinski definition) is 15. The lowest BCUT2D eigenvalue weighted by atomic mass is 9.96. The van der Waals surface area contributed by atoms with E-state index in [0.29, 0.717) is 44.2 Å². The third kappa shape index (κ3) is 18.0. The molecule has 9 amide bonds. The third-order valence-corrected chi connectivity index (χ3v) is 15.2. The van der Waals surface area contributed by atoms with Gasteiger partial charge in [-0.15, -0.1) is 0 Å². The van der Waals surface area contributed by atoms with E-state index in [-0.39, 0.29) is 76.6 Å². The van der Waals surface area contributed by atoms with Crippen LogP contribution in [0.5, 0.6) is 0 Å². The van der Waals surface area contributed by atoms with Gasteiger partial charge >= 0.3 is 5.97 Å². The van der Waals surface area contributed by atoms with E-state index in [0.717, 1.165) is 0 Å². The molecule has 0 spiro atoms. The Balaban J connectivity index is 1.45. The molecule has 28 heteroatoms. The number of carbonyl (C=O) groups excluding carboxylic acids is 9. The number of imidazole rings is 1. The maximum Gasteiger partial charge on any atom is 0.326 e. The molecular formula is C52H87N15O13. The minimum absolute atomic E-state index is 0.0531. The normalized spacial score (nSPS) is 20.9. The van der Waals surface area contributed by atoms with Crippen LogP contribution in [0.4, 0.5) is 0 Å². The number of guanidine groups is 1. The van der Waals surface area contributed by atoms with Crippen molar-refractivity contribution in [2.45, 2.75) is 192 Å². The van der Waals surface area contributed by atoms with Crippen LogP contribution in [0.3, 0.4) is 0 Å². The number of amides is 9. The number of rotatable bonds is 30. The van der Waals surface area contributed by atoms with Crippen molar-refractivity contribution in [3.8, 4) is 0 Å². The number of aromatic amines is 1. The second-order valence-electron chi connectivity index (χ2n) is 21.7. The lowest BCUT2D eigenvalue weighted by Crippen LogP contribution is -2.62. The average molecular weight is 1130 g/mol. The number of aromatic nitrogens is 2. The highest BCUT2D eigenvalue weighted by Crippen LogP contribution is 2.25. The second kappa shape index (κ2) is 31.2. The largest absolute Gasteiger partial charge is 0.480 e. The Hall–Kier alpha value is -6.94. The van der Waals surface area contributed by atoms with Crippen molar-refractivity contribution in [3.63, 3.8) is 0 Å². The molecule has 1 aromatic rings. The minimum Gasteiger partial charge on any atom is -0.480 e. The SMILES string of the molecule is CC[C@H](C)[C@H](NC(=O)[C@@H]1CCCN1C(=O)[C@@H](NC(=O)[C@@H]1CCCN1C(=O)[C@@H](NC(=O)[C@H](CO)NC(=O)[C@H](Cc1cnc[nH]1)NC(=O)[C@@H]1CCCN1C(=O)[C@@H](N)CCCN=C(N)N)[C@@H](C)CC)[C@@H](C)O)C(=O)N[C@@H](CC(C)C)C(=O)O. The molecule has 80 heavy (non-hydrogen) atoms. The number of H-pyrrole nitrogens is 1. The number of carbonyl (C=O) groups is 10. The Labute approximate surface area is 466 Å². The van der Waals surface area contributed by atoms with Gasteiger partial charge in [-0.3, -0.25) is 48.1 Å². The van der Waals surface area contributed by atoms with E-state index in [1.807, 2.05) is 13.8 Å². The van der Waals surface area contributed by atoms with Crippen molar-refractivity contribution in [2.24, 2.45) is 39.9 Å². The summed E-state index contributed by atoms with van der Waals surface area (Å²) in [6.45, 7) is 11.6. The van der Waals surface area contributed by atoms with Crippen molar-refractivity contribution in [3.05, 3.63) is 18.2 Å². The highest BCUT2D eigenvalue weighted by Gasteiger charge is 2.45. The minimum atomic E-state index is -1.64. The Bertz CT molecular complexity index is 2330. The molecule has 3 aliphatic heterocycles. The summed E-state index contributed by atoms with van der Waals surface area (Å²) in [4.78, 5) is 152. The smallest absolute Gasteiger partial charge is 0.326 e. The van der Waals surface area contributed by atoms with Gasteiger partial charge in [0.05, 0.1) is 25.1 Å². The third-order valence-electron chi connectivity index (χ3n) is 15.2. The predicted molar refractivity (Wildman–Crippen MR) is 291 cm³/mol. The molecule has 0 aromatic carbocycles. The van der Waals surface area contributed by atoms with Gasteiger partial charge < -0.3 is 84.1 Å². The number of nitrogens with one attached hydrogen (secondary N) is 7. The van der Waals surface area contributed by atoms with Gasteiger partial charge in [0.25, 0.3) is 0 Å². The van der Waals surface area contributed by atoms with E-state index in [9.17, 15) is 63.3 Å². The van der Waals surface area contributed by atoms with Crippen molar-refractivity contribution < 1.29 is 63.3 Å². The Morgan fingerprint density at radius 3 is 1.64 bits per heavy atom. The first-order chi connectivity index (χ1) is 37.8.